The van der Waals surface area contributed by atoms with Crippen molar-refractivity contribution < 1.29 is 14.0 Å². The molecule has 3 amide bonds. The average molecular weight is 347 g/mol. The summed E-state index contributed by atoms with van der Waals surface area (Å²) in [6.07, 6.45) is 0.0599. The van der Waals surface area contributed by atoms with Crippen LogP contribution in [0.4, 0.5) is 9.18 Å². The lowest BCUT2D eigenvalue weighted by Gasteiger charge is -2.09. The molecule has 126 valence electrons. The molecule has 0 aromatic heterocycles. The molecular weight excluding hydrogens is 329 g/mol. The van der Waals surface area contributed by atoms with Crippen molar-refractivity contribution in [3.05, 3.63) is 66.0 Å². The quantitative estimate of drug-likeness (QED) is 0.427. The highest BCUT2D eigenvalue weighted by molar-refractivity contribution is 7.99. The van der Waals surface area contributed by atoms with E-state index in [2.05, 4.69) is 16.2 Å². The second-order valence-corrected chi connectivity index (χ2v) is 6.06. The molecule has 0 unspecified atom stereocenters. The number of carbonyl (C=O) groups excluding carboxylic acids is 2. The molecule has 0 heterocycles. The Morgan fingerprint density at radius 3 is 2.38 bits per heavy atom. The van der Waals surface area contributed by atoms with Gasteiger partial charge in [-0.05, 0) is 29.8 Å². The SMILES string of the molecule is O=C(Cc1ccc(F)cc1)NNC(=O)NCCSc1ccccc1. The third-order valence-electron chi connectivity index (χ3n) is 2.99. The first-order valence-corrected chi connectivity index (χ1v) is 8.37. The van der Waals surface area contributed by atoms with E-state index in [0.29, 0.717) is 12.1 Å². The zero-order valence-corrected chi connectivity index (χ0v) is 13.7. The van der Waals surface area contributed by atoms with Gasteiger partial charge in [-0.2, -0.15) is 0 Å². The zero-order chi connectivity index (χ0) is 17.2. The first kappa shape index (κ1) is 17.8. The summed E-state index contributed by atoms with van der Waals surface area (Å²) in [5, 5.41) is 2.64. The third kappa shape index (κ3) is 6.70. The van der Waals surface area contributed by atoms with Crippen molar-refractivity contribution >= 4 is 23.7 Å². The molecule has 0 saturated carbocycles. The predicted molar refractivity (Wildman–Crippen MR) is 91.9 cm³/mol. The number of nitrogens with one attached hydrogen (secondary N) is 3. The number of thioether (sulfide) groups is 1. The van der Waals surface area contributed by atoms with Gasteiger partial charge in [-0.15, -0.1) is 11.8 Å². The molecule has 0 aliphatic rings. The molecule has 24 heavy (non-hydrogen) atoms. The number of hydrazine groups is 1. The largest absolute Gasteiger partial charge is 0.336 e. The van der Waals surface area contributed by atoms with Crippen LogP contribution in [0.25, 0.3) is 0 Å². The predicted octanol–water partition coefficient (Wildman–Crippen LogP) is 2.49. The van der Waals surface area contributed by atoms with E-state index >= 15 is 0 Å². The molecule has 5 nitrogen and oxygen atoms in total. The van der Waals surface area contributed by atoms with Gasteiger partial charge in [-0.3, -0.25) is 10.2 Å². The molecular formula is C17H18FN3O2S. The van der Waals surface area contributed by atoms with Crippen molar-refractivity contribution in [1.29, 1.82) is 0 Å². The summed E-state index contributed by atoms with van der Waals surface area (Å²) in [6.45, 7) is 0.471. The molecule has 0 atom stereocenters. The maximum absolute atomic E-state index is 12.8. The maximum Gasteiger partial charge on any atom is 0.333 e. The van der Waals surface area contributed by atoms with Crippen LogP contribution in [-0.4, -0.2) is 24.2 Å². The maximum atomic E-state index is 12.8. The third-order valence-corrected chi connectivity index (χ3v) is 4.01. The van der Waals surface area contributed by atoms with Crippen LogP contribution in [-0.2, 0) is 11.2 Å². The van der Waals surface area contributed by atoms with Crippen LogP contribution >= 0.6 is 11.8 Å². The monoisotopic (exact) mass is 347 g/mol. The van der Waals surface area contributed by atoms with Gasteiger partial charge in [0.1, 0.15) is 5.82 Å². The van der Waals surface area contributed by atoms with Gasteiger partial charge in [0.2, 0.25) is 5.91 Å². The summed E-state index contributed by atoms with van der Waals surface area (Å²) in [7, 11) is 0. The van der Waals surface area contributed by atoms with E-state index in [-0.39, 0.29) is 18.1 Å². The second-order valence-electron chi connectivity index (χ2n) is 4.89. The minimum Gasteiger partial charge on any atom is -0.336 e. The minimum absolute atomic E-state index is 0.0599. The molecule has 0 aliphatic carbocycles. The Balaban J connectivity index is 1.58. The molecule has 0 bridgehead atoms. The van der Waals surface area contributed by atoms with Crippen LogP contribution in [0.2, 0.25) is 0 Å². The van der Waals surface area contributed by atoms with Crippen LogP contribution < -0.4 is 16.2 Å². The van der Waals surface area contributed by atoms with Gasteiger partial charge in [0.05, 0.1) is 6.42 Å². The van der Waals surface area contributed by atoms with E-state index in [1.807, 2.05) is 30.3 Å². The van der Waals surface area contributed by atoms with Crippen LogP contribution in [0.1, 0.15) is 5.56 Å². The van der Waals surface area contributed by atoms with Crippen molar-refractivity contribution in [1.82, 2.24) is 16.2 Å². The molecule has 2 aromatic rings. The molecule has 0 saturated heterocycles. The van der Waals surface area contributed by atoms with E-state index in [0.717, 1.165) is 10.6 Å². The molecule has 0 aliphatic heterocycles. The summed E-state index contributed by atoms with van der Waals surface area (Å²) < 4.78 is 12.8. The number of hydrogen-bond acceptors (Lipinski definition) is 3. The molecule has 2 aromatic carbocycles. The Kier molecular flexibility index (Phi) is 7.10. The van der Waals surface area contributed by atoms with E-state index in [4.69, 9.17) is 0 Å². The number of benzene rings is 2. The Labute approximate surface area is 144 Å². The normalized spacial score (nSPS) is 10.0. The van der Waals surface area contributed by atoms with E-state index in [1.165, 1.54) is 24.3 Å². The second kappa shape index (κ2) is 9.57. The fourth-order valence-corrected chi connectivity index (χ4v) is 2.64. The Morgan fingerprint density at radius 2 is 1.67 bits per heavy atom. The summed E-state index contributed by atoms with van der Waals surface area (Å²) in [6, 6.07) is 15.0. The minimum atomic E-state index is -0.476. The number of urea groups is 1. The number of hydrogen-bond donors (Lipinski definition) is 3. The lowest BCUT2D eigenvalue weighted by atomic mass is 10.1. The molecule has 0 radical (unpaired) electrons. The van der Waals surface area contributed by atoms with Gasteiger partial charge < -0.3 is 5.32 Å². The summed E-state index contributed by atoms with van der Waals surface area (Å²) in [5.74, 6) is -0.0125. The summed E-state index contributed by atoms with van der Waals surface area (Å²) in [5.41, 5.74) is 5.24. The van der Waals surface area contributed by atoms with Crippen LogP contribution in [0.15, 0.2) is 59.5 Å². The molecule has 0 spiro atoms. The molecule has 2 rings (SSSR count). The number of amides is 3. The van der Waals surface area contributed by atoms with Gasteiger partial charge >= 0.3 is 6.03 Å². The average Bonchev–Trinajstić information content (AvgIpc) is 2.60. The van der Waals surface area contributed by atoms with Crippen molar-refractivity contribution in [2.75, 3.05) is 12.3 Å². The van der Waals surface area contributed by atoms with E-state index < -0.39 is 6.03 Å². The van der Waals surface area contributed by atoms with Gasteiger partial charge in [0.15, 0.2) is 0 Å². The fourth-order valence-electron chi connectivity index (χ4n) is 1.85. The van der Waals surface area contributed by atoms with Gasteiger partial charge in [0.25, 0.3) is 0 Å². The van der Waals surface area contributed by atoms with E-state index in [9.17, 15) is 14.0 Å². The summed E-state index contributed by atoms with van der Waals surface area (Å²) >= 11 is 1.63. The van der Waals surface area contributed by atoms with Crippen LogP contribution in [0, 0.1) is 5.82 Å². The van der Waals surface area contributed by atoms with Gasteiger partial charge in [-0.25, -0.2) is 14.6 Å². The first-order valence-electron chi connectivity index (χ1n) is 7.38. The zero-order valence-electron chi connectivity index (χ0n) is 12.9. The molecule has 7 heteroatoms. The van der Waals surface area contributed by atoms with Crippen molar-refractivity contribution in [2.45, 2.75) is 11.3 Å². The molecule has 0 fully saturated rings. The van der Waals surface area contributed by atoms with Crippen molar-refractivity contribution in [3.8, 4) is 0 Å². The topological polar surface area (TPSA) is 70.2 Å². The lowest BCUT2D eigenvalue weighted by Crippen LogP contribution is -2.47. The summed E-state index contributed by atoms with van der Waals surface area (Å²) in [4.78, 5) is 24.4. The molecule has 3 N–H and O–H groups in total. The van der Waals surface area contributed by atoms with Crippen molar-refractivity contribution in [3.63, 3.8) is 0 Å². The standard InChI is InChI=1S/C17H18FN3O2S/c18-14-8-6-13(7-9-14)12-16(22)20-21-17(23)19-10-11-24-15-4-2-1-3-5-15/h1-9H,10-12H2,(H,20,22)(H2,19,21,23). The highest BCUT2D eigenvalue weighted by Crippen LogP contribution is 2.15. The van der Waals surface area contributed by atoms with Crippen molar-refractivity contribution in [2.24, 2.45) is 0 Å². The van der Waals surface area contributed by atoms with Crippen LogP contribution in [0.3, 0.4) is 0 Å². The number of halogens is 1. The highest BCUT2D eigenvalue weighted by Gasteiger charge is 2.05. The number of rotatable bonds is 6. The van der Waals surface area contributed by atoms with Crippen LogP contribution in [0.5, 0.6) is 0 Å². The smallest absolute Gasteiger partial charge is 0.333 e. The number of carbonyl (C=O) groups is 2. The van der Waals surface area contributed by atoms with Gasteiger partial charge in [-0.1, -0.05) is 30.3 Å². The Hall–Kier alpha value is -2.54. The van der Waals surface area contributed by atoms with Gasteiger partial charge in [0, 0.05) is 17.2 Å². The fraction of sp³-hybridized carbons (Fsp3) is 0.176. The van der Waals surface area contributed by atoms with E-state index in [1.54, 1.807) is 11.8 Å². The Bertz CT molecular complexity index is 665. The first-order chi connectivity index (χ1) is 11.6. The highest BCUT2D eigenvalue weighted by atomic mass is 32.2. The Morgan fingerprint density at radius 1 is 0.958 bits per heavy atom. The lowest BCUT2D eigenvalue weighted by molar-refractivity contribution is -0.121.